The van der Waals surface area contributed by atoms with Crippen LogP contribution in [-0.4, -0.2) is 18.2 Å². The molecule has 1 aliphatic rings. The zero-order valence-electron chi connectivity index (χ0n) is 10.7. The first kappa shape index (κ1) is 11.8. The van der Waals surface area contributed by atoms with Crippen LogP contribution >= 0.6 is 0 Å². The molecule has 1 aliphatic heterocycles. The van der Waals surface area contributed by atoms with Crippen LogP contribution in [0.1, 0.15) is 35.3 Å². The van der Waals surface area contributed by atoms with Gasteiger partial charge in [-0.3, -0.25) is 9.59 Å². The van der Waals surface area contributed by atoms with Gasteiger partial charge in [-0.05, 0) is 37.0 Å². The van der Waals surface area contributed by atoms with Gasteiger partial charge in [-0.25, -0.2) is 0 Å². The number of anilines is 1. The van der Waals surface area contributed by atoms with Crippen LogP contribution in [0.5, 0.6) is 0 Å². The van der Waals surface area contributed by atoms with Crippen molar-refractivity contribution in [3.8, 4) is 0 Å². The second kappa shape index (κ2) is 3.99. The van der Waals surface area contributed by atoms with Crippen LogP contribution in [0, 0.1) is 19.8 Å². The molecule has 3 heteroatoms. The average Bonchev–Trinajstić information content (AvgIpc) is 2.49. The standard InChI is InChI=1S/C14H17NO2/c1-8(2)7-15-12-10(4)9(3)5-6-11(12)13(16)14(15)17/h5-6,8H,7H2,1-4H3. The quantitative estimate of drug-likeness (QED) is 0.733. The predicted octanol–water partition coefficient (Wildman–Crippen LogP) is 2.49. The van der Waals surface area contributed by atoms with Crippen molar-refractivity contribution in [2.45, 2.75) is 27.7 Å². The number of rotatable bonds is 2. The van der Waals surface area contributed by atoms with Crippen LogP contribution in [0.3, 0.4) is 0 Å². The molecule has 2 rings (SSSR count). The Hall–Kier alpha value is -1.64. The third-order valence-electron chi connectivity index (χ3n) is 3.20. The second-order valence-electron chi connectivity index (χ2n) is 5.04. The minimum atomic E-state index is -0.387. The Labute approximate surface area is 101 Å². The van der Waals surface area contributed by atoms with E-state index >= 15 is 0 Å². The summed E-state index contributed by atoms with van der Waals surface area (Å²) in [7, 11) is 0. The van der Waals surface area contributed by atoms with E-state index in [4.69, 9.17) is 0 Å². The third-order valence-corrected chi connectivity index (χ3v) is 3.20. The van der Waals surface area contributed by atoms with Gasteiger partial charge in [0.1, 0.15) is 0 Å². The highest BCUT2D eigenvalue weighted by Crippen LogP contribution is 2.34. The largest absolute Gasteiger partial charge is 0.304 e. The van der Waals surface area contributed by atoms with E-state index in [-0.39, 0.29) is 11.7 Å². The molecule has 1 heterocycles. The molecular weight excluding hydrogens is 214 g/mol. The highest BCUT2D eigenvalue weighted by molar-refractivity contribution is 6.52. The minimum Gasteiger partial charge on any atom is -0.304 e. The normalized spacial score (nSPS) is 14.8. The lowest BCUT2D eigenvalue weighted by molar-refractivity contribution is -0.114. The molecule has 0 aromatic heterocycles. The lowest BCUT2D eigenvalue weighted by atomic mass is 10.0. The first-order chi connectivity index (χ1) is 7.93. The number of ketones is 1. The van der Waals surface area contributed by atoms with E-state index in [9.17, 15) is 9.59 Å². The van der Waals surface area contributed by atoms with Gasteiger partial charge in [0.2, 0.25) is 0 Å². The summed E-state index contributed by atoms with van der Waals surface area (Å²) in [6.07, 6.45) is 0. The number of fused-ring (bicyclic) bond motifs is 1. The van der Waals surface area contributed by atoms with E-state index < -0.39 is 0 Å². The molecule has 0 saturated carbocycles. The maximum absolute atomic E-state index is 11.9. The zero-order chi connectivity index (χ0) is 12.7. The van der Waals surface area contributed by atoms with E-state index in [2.05, 4.69) is 0 Å². The lowest BCUT2D eigenvalue weighted by Gasteiger charge is -2.21. The number of Topliss-reactive ketones (excluding diaryl/α,β-unsaturated/α-hetero) is 1. The molecule has 0 bridgehead atoms. The van der Waals surface area contributed by atoms with E-state index in [1.807, 2.05) is 33.8 Å². The maximum atomic E-state index is 11.9. The lowest BCUT2D eigenvalue weighted by Crippen LogP contribution is -2.33. The molecule has 0 unspecified atom stereocenters. The van der Waals surface area contributed by atoms with Crippen molar-refractivity contribution in [1.82, 2.24) is 0 Å². The van der Waals surface area contributed by atoms with Gasteiger partial charge >= 0.3 is 0 Å². The van der Waals surface area contributed by atoms with E-state index in [0.29, 0.717) is 18.0 Å². The van der Waals surface area contributed by atoms with Crippen LogP contribution in [0.25, 0.3) is 0 Å². The highest BCUT2D eigenvalue weighted by atomic mass is 16.2. The molecule has 1 amide bonds. The van der Waals surface area contributed by atoms with Crippen LogP contribution in [0.2, 0.25) is 0 Å². The number of aryl methyl sites for hydroxylation is 1. The van der Waals surface area contributed by atoms with E-state index in [1.54, 1.807) is 11.0 Å². The second-order valence-corrected chi connectivity index (χ2v) is 5.04. The molecule has 0 fully saturated rings. The first-order valence-electron chi connectivity index (χ1n) is 5.90. The fraction of sp³-hybridized carbons (Fsp3) is 0.429. The molecule has 1 aromatic carbocycles. The first-order valence-corrected chi connectivity index (χ1v) is 5.90. The van der Waals surface area contributed by atoms with Crippen molar-refractivity contribution in [3.63, 3.8) is 0 Å². The fourth-order valence-corrected chi connectivity index (χ4v) is 2.21. The SMILES string of the molecule is Cc1ccc2c(c1C)N(CC(C)C)C(=O)C2=O. The monoisotopic (exact) mass is 231 g/mol. The number of hydrogen-bond donors (Lipinski definition) is 0. The molecule has 3 nitrogen and oxygen atoms in total. The number of benzene rings is 1. The van der Waals surface area contributed by atoms with Crippen molar-refractivity contribution in [2.75, 3.05) is 11.4 Å². The predicted molar refractivity (Wildman–Crippen MR) is 67.4 cm³/mol. The Balaban J connectivity index is 2.57. The van der Waals surface area contributed by atoms with Gasteiger partial charge in [0.15, 0.2) is 0 Å². The van der Waals surface area contributed by atoms with E-state index in [1.165, 1.54) is 0 Å². The van der Waals surface area contributed by atoms with Gasteiger partial charge in [0.05, 0.1) is 11.3 Å². The summed E-state index contributed by atoms with van der Waals surface area (Å²) in [5.74, 6) is -0.413. The topological polar surface area (TPSA) is 37.4 Å². The third kappa shape index (κ3) is 1.75. The van der Waals surface area contributed by atoms with Crippen molar-refractivity contribution in [2.24, 2.45) is 5.92 Å². The van der Waals surface area contributed by atoms with Crippen molar-refractivity contribution in [1.29, 1.82) is 0 Å². The summed E-state index contributed by atoms with van der Waals surface area (Å²) in [6.45, 7) is 8.65. The molecular formula is C14H17NO2. The van der Waals surface area contributed by atoms with Gasteiger partial charge in [-0.2, -0.15) is 0 Å². The molecule has 90 valence electrons. The molecule has 0 N–H and O–H groups in total. The van der Waals surface area contributed by atoms with Crippen molar-refractivity contribution >= 4 is 17.4 Å². The molecule has 0 radical (unpaired) electrons. The van der Waals surface area contributed by atoms with Gasteiger partial charge in [-0.15, -0.1) is 0 Å². The van der Waals surface area contributed by atoms with Crippen LogP contribution < -0.4 is 4.90 Å². The van der Waals surface area contributed by atoms with Crippen LogP contribution in [0.15, 0.2) is 12.1 Å². The number of amides is 1. The smallest absolute Gasteiger partial charge is 0.299 e. The minimum absolute atomic E-state index is 0.345. The molecule has 17 heavy (non-hydrogen) atoms. The average molecular weight is 231 g/mol. The summed E-state index contributed by atoms with van der Waals surface area (Å²) >= 11 is 0. The Morgan fingerprint density at radius 3 is 2.41 bits per heavy atom. The van der Waals surface area contributed by atoms with Gasteiger partial charge in [-0.1, -0.05) is 19.9 Å². The Bertz CT molecular complexity index is 503. The highest BCUT2D eigenvalue weighted by Gasteiger charge is 2.37. The Morgan fingerprint density at radius 1 is 1.18 bits per heavy atom. The van der Waals surface area contributed by atoms with Gasteiger partial charge in [0, 0.05) is 6.54 Å². The van der Waals surface area contributed by atoms with E-state index in [0.717, 1.165) is 16.8 Å². The number of hydrogen-bond acceptors (Lipinski definition) is 2. The molecule has 0 saturated heterocycles. The number of carbonyl (C=O) groups is 2. The molecule has 0 atom stereocenters. The number of nitrogens with zero attached hydrogens (tertiary/aromatic N) is 1. The van der Waals surface area contributed by atoms with Crippen molar-refractivity contribution < 1.29 is 9.59 Å². The van der Waals surface area contributed by atoms with Crippen LogP contribution in [0.4, 0.5) is 5.69 Å². The number of carbonyl (C=O) groups excluding carboxylic acids is 2. The summed E-state index contributed by atoms with van der Waals surface area (Å²) in [5.41, 5.74) is 3.51. The molecule has 1 aromatic rings. The van der Waals surface area contributed by atoms with Gasteiger partial charge < -0.3 is 4.90 Å². The van der Waals surface area contributed by atoms with Crippen molar-refractivity contribution in [3.05, 3.63) is 28.8 Å². The molecule has 0 spiro atoms. The maximum Gasteiger partial charge on any atom is 0.299 e. The zero-order valence-corrected chi connectivity index (χ0v) is 10.7. The molecule has 0 aliphatic carbocycles. The van der Waals surface area contributed by atoms with Crippen LogP contribution in [-0.2, 0) is 4.79 Å². The van der Waals surface area contributed by atoms with Gasteiger partial charge in [0.25, 0.3) is 11.7 Å². The Morgan fingerprint density at radius 2 is 1.82 bits per heavy atom. The summed E-state index contributed by atoms with van der Waals surface area (Å²) in [5, 5.41) is 0. The summed E-state index contributed by atoms with van der Waals surface area (Å²) < 4.78 is 0. The summed E-state index contributed by atoms with van der Waals surface area (Å²) in [6, 6.07) is 3.66. The Kier molecular flexibility index (Phi) is 2.77. The fourth-order valence-electron chi connectivity index (χ4n) is 2.21. The summed E-state index contributed by atoms with van der Waals surface area (Å²) in [4.78, 5) is 25.4.